The molecule has 0 aliphatic carbocycles. The third-order valence-electron chi connectivity index (χ3n) is 4.66. The van der Waals surface area contributed by atoms with E-state index in [-0.39, 0.29) is 5.91 Å². The number of para-hydroxylation sites is 2. The Balaban J connectivity index is 1.60. The summed E-state index contributed by atoms with van der Waals surface area (Å²) in [6.07, 6.45) is 0. The minimum Gasteiger partial charge on any atom is -0.495 e. The highest BCUT2D eigenvalue weighted by Crippen LogP contribution is 2.23. The SMILES string of the molecule is CCN(CC(=O)Nc1ccccc1OC)Cc1ccc(-c2ccccc2)cc1. The highest BCUT2D eigenvalue weighted by atomic mass is 16.5. The Bertz CT molecular complexity index is 892. The summed E-state index contributed by atoms with van der Waals surface area (Å²) in [5.41, 5.74) is 4.28. The van der Waals surface area contributed by atoms with Gasteiger partial charge in [0.2, 0.25) is 5.91 Å². The highest BCUT2D eigenvalue weighted by Gasteiger charge is 2.12. The first kappa shape index (κ1) is 19.6. The fraction of sp³-hybridized carbons (Fsp3) is 0.208. The number of methoxy groups -OCH3 is 1. The van der Waals surface area contributed by atoms with Crippen molar-refractivity contribution in [3.63, 3.8) is 0 Å². The first-order valence-electron chi connectivity index (χ1n) is 9.49. The molecular weight excluding hydrogens is 348 g/mol. The summed E-state index contributed by atoms with van der Waals surface area (Å²) < 4.78 is 5.29. The largest absolute Gasteiger partial charge is 0.495 e. The molecule has 3 aromatic carbocycles. The summed E-state index contributed by atoms with van der Waals surface area (Å²) in [4.78, 5) is 14.6. The van der Waals surface area contributed by atoms with E-state index in [9.17, 15) is 4.79 Å². The maximum absolute atomic E-state index is 12.5. The molecule has 144 valence electrons. The van der Waals surface area contributed by atoms with Crippen LogP contribution in [0.3, 0.4) is 0 Å². The van der Waals surface area contributed by atoms with E-state index in [1.807, 2.05) is 42.5 Å². The van der Waals surface area contributed by atoms with Crippen molar-refractivity contribution in [2.45, 2.75) is 13.5 Å². The minimum absolute atomic E-state index is 0.0488. The van der Waals surface area contributed by atoms with Crippen molar-refractivity contribution >= 4 is 11.6 Å². The molecule has 0 aliphatic rings. The molecule has 0 aromatic heterocycles. The lowest BCUT2D eigenvalue weighted by molar-refractivity contribution is -0.117. The molecule has 28 heavy (non-hydrogen) atoms. The third kappa shape index (κ3) is 5.21. The van der Waals surface area contributed by atoms with Crippen molar-refractivity contribution < 1.29 is 9.53 Å². The van der Waals surface area contributed by atoms with Crippen LogP contribution in [0.5, 0.6) is 5.75 Å². The molecule has 0 fully saturated rings. The van der Waals surface area contributed by atoms with E-state index in [0.717, 1.165) is 13.1 Å². The zero-order chi connectivity index (χ0) is 19.8. The van der Waals surface area contributed by atoms with Crippen LogP contribution in [0, 0.1) is 0 Å². The van der Waals surface area contributed by atoms with Gasteiger partial charge >= 0.3 is 0 Å². The van der Waals surface area contributed by atoms with E-state index in [1.54, 1.807) is 7.11 Å². The Morgan fingerprint density at radius 3 is 2.21 bits per heavy atom. The summed E-state index contributed by atoms with van der Waals surface area (Å²) in [7, 11) is 1.60. The predicted molar refractivity (Wildman–Crippen MR) is 114 cm³/mol. The molecule has 0 saturated carbocycles. The maximum Gasteiger partial charge on any atom is 0.238 e. The monoisotopic (exact) mass is 374 g/mol. The lowest BCUT2D eigenvalue weighted by Crippen LogP contribution is -2.32. The highest BCUT2D eigenvalue weighted by molar-refractivity contribution is 5.93. The first-order chi connectivity index (χ1) is 13.7. The molecule has 4 heteroatoms. The van der Waals surface area contributed by atoms with E-state index in [0.29, 0.717) is 18.0 Å². The second kappa shape index (κ2) is 9.72. The molecule has 1 N–H and O–H groups in total. The summed E-state index contributed by atoms with van der Waals surface area (Å²) in [5.74, 6) is 0.614. The van der Waals surface area contributed by atoms with E-state index >= 15 is 0 Å². The average Bonchev–Trinajstić information content (AvgIpc) is 2.74. The fourth-order valence-corrected chi connectivity index (χ4v) is 3.11. The van der Waals surface area contributed by atoms with Gasteiger partial charge in [0.1, 0.15) is 5.75 Å². The Hall–Kier alpha value is -3.11. The minimum atomic E-state index is -0.0488. The number of carbonyl (C=O) groups excluding carboxylic acids is 1. The summed E-state index contributed by atoms with van der Waals surface area (Å²) >= 11 is 0. The van der Waals surface area contributed by atoms with Crippen molar-refractivity contribution in [3.05, 3.63) is 84.4 Å². The van der Waals surface area contributed by atoms with Gasteiger partial charge in [0, 0.05) is 6.54 Å². The van der Waals surface area contributed by atoms with Crippen LogP contribution in [-0.4, -0.2) is 31.0 Å². The number of benzene rings is 3. The van der Waals surface area contributed by atoms with Crippen LogP contribution in [0.1, 0.15) is 12.5 Å². The molecule has 0 atom stereocenters. The molecule has 3 rings (SSSR count). The van der Waals surface area contributed by atoms with Crippen LogP contribution < -0.4 is 10.1 Å². The van der Waals surface area contributed by atoms with Gasteiger partial charge in [-0.15, -0.1) is 0 Å². The number of likely N-dealkylation sites (N-methyl/N-ethyl adjacent to an activating group) is 1. The summed E-state index contributed by atoms with van der Waals surface area (Å²) in [5, 5.41) is 2.94. The Morgan fingerprint density at radius 2 is 1.54 bits per heavy atom. The molecule has 3 aromatic rings. The van der Waals surface area contributed by atoms with Gasteiger partial charge in [-0.1, -0.05) is 73.7 Å². The molecule has 0 bridgehead atoms. The van der Waals surface area contributed by atoms with Crippen LogP contribution in [-0.2, 0) is 11.3 Å². The lowest BCUT2D eigenvalue weighted by Gasteiger charge is -2.20. The first-order valence-corrected chi connectivity index (χ1v) is 9.49. The van der Waals surface area contributed by atoms with Crippen molar-refractivity contribution in [1.29, 1.82) is 0 Å². The van der Waals surface area contributed by atoms with Gasteiger partial charge in [-0.3, -0.25) is 9.69 Å². The zero-order valence-electron chi connectivity index (χ0n) is 16.4. The van der Waals surface area contributed by atoms with Gasteiger partial charge in [-0.25, -0.2) is 0 Å². The zero-order valence-corrected chi connectivity index (χ0v) is 16.4. The number of nitrogens with zero attached hydrogens (tertiary/aromatic N) is 1. The van der Waals surface area contributed by atoms with Crippen LogP contribution in [0.15, 0.2) is 78.9 Å². The van der Waals surface area contributed by atoms with E-state index < -0.39 is 0 Å². The number of rotatable bonds is 8. The Kier molecular flexibility index (Phi) is 6.82. The van der Waals surface area contributed by atoms with Gasteiger partial charge in [0.15, 0.2) is 0 Å². The summed E-state index contributed by atoms with van der Waals surface area (Å²) in [6.45, 7) is 3.91. The van der Waals surface area contributed by atoms with Crippen molar-refractivity contribution in [1.82, 2.24) is 4.90 Å². The molecule has 0 radical (unpaired) electrons. The lowest BCUT2D eigenvalue weighted by atomic mass is 10.0. The second-order valence-corrected chi connectivity index (χ2v) is 6.61. The van der Waals surface area contributed by atoms with E-state index in [2.05, 4.69) is 53.5 Å². The Labute approximate surface area is 166 Å². The molecule has 4 nitrogen and oxygen atoms in total. The van der Waals surface area contributed by atoms with Crippen molar-refractivity contribution in [2.75, 3.05) is 25.5 Å². The van der Waals surface area contributed by atoms with E-state index in [4.69, 9.17) is 4.74 Å². The van der Waals surface area contributed by atoms with Crippen LogP contribution in [0.4, 0.5) is 5.69 Å². The standard InChI is InChI=1S/C24H26N2O2/c1-3-26(18-24(27)25-22-11-7-8-12-23(22)28-2)17-19-13-15-21(16-14-19)20-9-5-4-6-10-20/h4-16H,3,17-18H2,1-2H3,(H,25,27). The number of hydrogen-bond donors (Lipinski definition) is 1. The smallest absolute Gasteiger partial charge is 0.238 e. The predicted octanol–water partition coefficient (Wildman–Crippen LogP) is 4.82. The summed E-state index contributed by atoms with van der Waals surface area (Å²) in [6, 6.07) is 26.3. The molecule has 0 aliphatic heterocycles. The van der Waals surface area contributed by atoms with Gasteiger partial charge in [0.25, 0.3) is 0 Å². The van der Waals surface area contributed by atoms with Gasteiger partial charge in [-0.05, 0) is 35.4 Å². The number of carbonyl (C=O) groups is 1. The quantitative estimate of drug-likeness (QED) is 0.614. The number of amides is 1. The third-order valence-corrected chi connectivity index (χ3v) is 4.66. The molecule has 0 heterocycles. The van der Waals surface area contributed by atoms with Gasteiger partial charge < -0.3 is 10.1 Å². The Morgan fingerprint density at radius 1 is 0.893 bits per heavy atom. The van der Waals surface area contributed by atoms with Gasteiger partial charge in [-0.2, -0.15) is 0 Å². The average molecular weight is 374 g/mol. The van der Waals surface area contributed by atoms with Crippen molar-refractivity contribution in [2.24, 2.45) is 0 Å². The van der Waals surface area contributed by atoms with Crippen molar-refractivity contribution in [3.8, 4) is 16.9 Å². The van der Waals surface area contributed by atoms with E-state index in [1.165, 1.54) is 16.7 Å². The van der Waals surface area contributed by atoms with Crippen LogP contribution >= 0.6 is 0 Å². The molecular formula is C24H26N2O2. The molecule has 0 saturated heterocycles. The number of anilines is 1. The number of nitrogens with one attached hydrogen (secondary N) is 1. The normalized spacial score (nSPS) is 10.7. The molecule has 0 unspecified atom stereocenters. The number of hydrogen-bond acceptors (Lipinski definition) is 3. The molecule has 1 amide bonds. The topological polar surface area (TPSA) is 41.6 Å². The second-order valence-electron chi connectivity index (χ2n) is 6.61. The van der Waals surface area contributed by atoms with Crippen LogP contribution in [0.2, 0.25) is 0 Å². The van der Waals surface area contributed by atoms with Gasteiger partial charge in [0.05, 0.1) is 19.3 Å². The number of ether oxygens (including phenoxy) is 1. The van der Waals surface area contributed by atoms with Crippen LogP contribution in [0.25, 0.3) is 11.1 Å². The maximum atomic E-state index is 12.5. The fourth-order valence-electron chi connectivity index (χ4n) is 3.11. The molecule has 0 spiro atoms.